The second kappa shape index (κ2) is 9.02. The van der Waals surface area contributed by atoms with Crippen molar-refractivity contribution in [1.29, 1.82) is 0 Å². The number of hydrogen-bond donors (Lipinski definition) is 0. The smallest absolute Gasteiger partial charge is 0.261 e. The molecule has 1 saturated heterocycles. The van der Waals surface area contributed by atoms with Gasteiger partial charge in [-0.3, -0.25) is 29.3 Å². The summed E-state index contributed by atoms with van der Waals surface area (Å²) in [6.45, 7) is 4.70. The van der Waals surface area contributed by atoms with Crippen LogP contribution in [-0.2, 0) is 0 Å². The number of carbonyl (C=O) groups is 2. The normalized spacial score (nSPS) is 18.1. The first-order valence-corrected chi connectivity index (χ1v) is 11.1. The van der Waals surface area contributed by atoms with Crippen molar-refractivity contribution >= 4 is 11.8 Å². The van der Waals surface area contributed by atoms with Crippen molar-refractivity contribution in [3.8, 4) is 0 Å². The van der Waals surface area contributed by atoms with Crippen LogP contribution in [0.15, 0.2) is 79.0 Å². The maximum Gasteiger partial charge on any atom is 0.261 e. The third kappa shape index (κ3) is 3.95. The minimum absolute atomic E-state index is 0.121. The molecule has 1 fully saturated rings. The van der Waals surface area contributed by atoms with Crippen LogP contribution in [0.1, 0.15) is 38.0 Å². The number of nitrogens with zero attached hydrogens (tertiary/aromatic N) is 4. The number of fused-ring (bicyclic) bond motifs is 1. The van der Waals surface area contributed by atoms with Crippen LogP contribution in [-0.4, -0.2) is 70.8 Å². The van der Waals surface area contributed by atoms with Crippen molar-refractivity contribution in [1.82, 2.24) is 19.7 Å². The highest BCUT2D eigenvalue weighted by atomic mass is 16.2. The van der Waals surface area contributed by atoms with Gasteiger partial charge in [0.25, 0.3) is 11.8 Å². The summed E-state index contributed by atoms with van der Waals surface area (Å²) in [6, 6.07) is 23.8. The molecule has 32 heavy (non-hydrogen) atoms. The molecule has 2 aliphatic heterocycles. The van der Waals surface area contributed by atoms with Crippen molar-refractivity contribution < 1.29 is 9.59 Å². The maximum atomic E-state index is 12.6. The van der Waals surface area contributed by atoms with Crippen LogP contribution in [0.2, 0.25) is 0 Å². The quantitative estimate of drug-likeness (QED) is 0.567. The van der Waals surface area contributed by atoms with E-state index in [0.29, 0.717) is 24.2 Å². The molecule has 2 amide bonds. The van der Waals surface area contributed by atoms with Crippen LogP contribution in [0, 0.1) is 0 Å². The monoisotopic (exact) mass is 426 g/mol. The summed E-state index contributed by atoms with van der Waals surface area (Å²) in [4.78, 5) is 36.0. The van der Waals surface area contributed by atoms with Gasteiger partial charge in [-0.05, 0) is 29.8 Å². The van der Waals surface area contributed by atoms with Crippen molar-refractivity contribution in [2.45, 2.75) is 6.04 Å². The Morgan fingerprint density at radius 2 is 1.34 bits per heavy atom. The number of aromatic nitrogens is 1. The summed E-state index contributed by atoms with van der Waals surface area (Å²) < 4.78 is 0. The molecule has 1 unspecified atom stereocenters. The first-order valence-electron chi connectivity index (χ1n) is 11.1. The Labute approximate surface area is 188 Å². The maximum absolute atomic E-state index is 12.6. The van der Waals surface area contributed by atoms with E-state index < -0.39 is 0 Å². The van der Waals surface area contributed by atoms with Crippen LogP contribution < -0.4 is 0 Å². The van der Waals surface area contributed by atoms with Gasteiger partial charge in [0.2, 0.25) is 0 Å². The lowest BCUT2D eigenvalue weighted by Gasteiger charge is -2.39. The fourth-order valence-electron chi connectivity index (χ4n) is 4.67. The van der Waals surface area contributed by atoms with Gasteiger partial charge in [-0.25, -0.2) is 0 Å². The van der Waals surface area contributed by atoms with Crippen molar-refractivity contribution in [2.75, 3.05) is 39.3 Å². The second-order valence-electron chi connectivity index (χ2n) is 8.25. The number of carbonyl (C=O) groups excluding carboxylic acids is 2. The fourth-order valence-corrected chi connectivity index (χ4v) is 4.67. The summed E-state index contributed by atoms with van der Waals surface area (Å²) in [6.07, 6.45) is 1.85. The van der Waals surface area contributed by atoms with E-state index in [0.717, 1.165) is 31.9 Å². The third-order valence-corrected chi connectivity index (χ3v) is 6.37. The van der Waals surface area contributed by atoms with Gasteiger partial charge in [-0.15, -0.1) is 0 Å². The topological polar surface area (TPSA) is 56.8 Å². The van der Waals surface area contributed by atoms with E-state index in [1.54, 1.807) is 24.3 Å². The highest BCUT2D eigenvalue weighted by Crippen LogP contribution is 2.28. The molecule has 1 aromatic heterocycles. The zero-order valence-electron chi connectivity index (χ0n) is 17.9. The van der Waals surface area contributed by atoms with E-state index in [9.17, 15) is 9.59 Å². The number of rotatable bonds is 6. The second-order valence-corrected chi connectivity index (χ2v) is 8.25. The molecular weight excluding hydrogens is 400 g/mol. The first kappa shape index (κ1) is 20.5. The minimum Gasteiger partial charge on any atom is -0.299 e. The van der Waals surface area contributed by atoms with E-state index in [-0.39, 0.29) is 17.9 Å². The number of amides is 2. The third-order valence-electron chi connectivity index (χ3n) is 6.37. The lowest BCUT2D eigenvalue weighted by Crippen LogP contribution is -2.50. The highest BCUT2D eigenvalue weighted by molar-refractivity contribution is 6.21. The lowest BCUT2D eigenvalue weighted by atomic mass is 10.0. The van der Waals surface area contributed by atoms with Gasteiger partial charge >= 0.3 is 0 Å². The molecule has 0 spiro atoms. The van der Waals surface area contributed by atoms with Gasteiger partial charge in [0, 0.05) is 45.5 Å². The average molecular weight is 427 g/mol. The van der Waals surface area contributed by atoms with Crippen LogP contribution in [0.4, 0.5) is 0 Å². The van der Waals surface area contributed by atoms with E-state index >= 15 is 0 Å². The SMILES string of the molecule is O=C1c2ccccc2C(=O)N1CCN1CCN(C(c2ccccc2)c2ccccn2)CC1. The van der Waals surface area contributed by atoms with E-state index in [1.807, 2.05) is 24.4 Å². The lowest BCUT2D eigenvalue weighted by molar-refractivity contribution is 0.0602. The molecule has 1 atom stereocenters. The fraction of sp³-hybridized carbons (Fsp3) is 0.269. The van der Waals surface area contributed by atoms with Crippen molar-refractivity contribution in [3.63, 3.8) is 0 Å². The van der Waals surface area contributed by atoms with Crippen molar-refractivity contribution in [2.24, 2.45) is 0 Å². The molecule has 0 bridgehead atoms. The Bertz CT molecular complexity index is 1020. The molecular formula is C26H26N4O2. The van der Waals surface area contributed by atoms with Gasteiger partial charge in [0.05, 0.1) is 22.9 Å². The van der Waals surface area contributed by atoms with Crippen LogP contribution in [0.25, 0.3) is 0 Å². The van der Waals surface area contributed by atoms with Gasteiger partial charge in [0.1, 0.15) is 0 Å². The molecule has 0 saturated carbocycles. The Kier molecular flexibility index (Phi) is 5.79. The first-order chi connectivity index (χ1) is 15.7. The standard InChI is InChI=1S/C26H26N4O2/c31-25-21-10-4-5-11-22(21)26(32)30(25)19-16-28-14-17-29(18-15-28)24(20-8-2-1-3-9-20)23-12-6-7-13-27-23/h1-13,24H,14-19H2. The number of imide groups is 1. The number of benzene rings is 2. The largest absolute Gasteiger partial charge is 0.299 e. The predicted molar refractivity (Wildman–Crippen MR) is 122 cm³/mol. The Morgan fingerprint density at radius 3 is 1.97 bits per heavy atom. The Balaban J connectivity index is 1.22. The molecule has 0 aliphatic carbocycles. The summed E-state index contributed by atoms with van der Waals surface area (Å²) in [5.41, 5.74) is 3.33. The van der Waals surface area contributed by atoms with E-state index in [4.69, 9.17) is 0 Å². The molecule has 5 rings (SSSR count). The summed E-state index contributed by atoms with van der Waals surface area (Å²) in [5, 5.41) is 0. The molecule has 0 N–H and O–H groups in total. The predicted octanol–water partition coefficient (Wildman–Crippen LogP) is 3.08. The molecule has 0 radical (unpaired) electrons. The Morgan fingerprint density at radius 1 is 0.719 bits per heavy atom. The molecule has 2 aromatic carbocycles. The summed E-state index contributed by atoms with van der Waals surface area (Å²) >= 11 is 0. The summed E-state index contributed by atoms with van der Waals surface area (Å²) in [7, 11) is 0. The van der Waals surface area contributed by atoms with Gasteiger partial charge in [-0.1, -0.05) is 48.5 Å². The minimum atomic E-state index is -0.177. The number of piperazine rings is 1. The molecule has 6 heteroatoms. The van der Waals surface area contributed by atoms with Gasteiger partial charge in [0.15, 0.2) is 0 Å². The van der Waals surface area contributed by atoms with Crippen LogP contribution >= 0.6 is 0 Å². The molecule has 3 aromatic rings. The molecule has 3 heterocycles. The number of hydrogen-bond acceptors (Lipinski definition) is 5. The molecule has 162 valence electrons. The highest BCUT2D eigenvalue weighted by Gasteiger charge is 2.35. The van der Waals surface area contributed by atoms with Crippen molar-refractivity contribution in [3.05, 3.63) is 101 Å². The van der Waals surface area contributed by atoms with Crippen LogP contribution in [0.5, 0.6) is 0 Å². The number of pyridine rings is 1. The Hall–Kier alpha value is -3.35. The average Bonchev–Trinajstić information content (AvgIpc) is 3.10. The van der Waals surface area contributed by atoms with Gasteiger partial charge < -0.3 is 0 Å². The van der Waals surface area contributed by atoms with Crippen LogP contribution in [0.3, 0.4) is 0 Å². The molecule has 6 nitrogen and oxygen atoms in total. The zero-order chi connectivity index (χ0) is 21.9. The molecule has 2 aliphatic rings. The summed E-state index contributed by atoms with van der Waals surface area (Å²) in [5.74, 6) is -0.355. The van der Waals surface area contributed by atoms with Gasteiger partial charge in [-0.2, -0.15) is 0 Å². The zero-order valence-corrected chi connectivity index (χ0v) is 17.9. The van der Waals surface area contributed by atoms with E-state index in [2.05, 4.69) is 45.1 Å². The van der Waals surface area contributed by atoms with E-state index in [1.165, 1.54) is 10.5 Å².